The second-order valence-electron chi connectivity index (χ2n) is 10.7. The molecule has 4 heterocycles. The number of pyridine rings is 1. The summed E-state index contributed by atoms with van der Waals surface area (Å²) >= 11 is 0. The molecule has 0 radical (unpaired) electrons. The minimum atomic E-state index is -4.56. The summed E-state index contributed by atoms with van der Waals surface area (Å²) in [6, 6.07) is 6.90. The highest BCUT2D eigenvalue weighted by molar-refractivity contribution is 6.09. The average molecular weight is 582 g/mol. The first-order valence-corrected chi connectivity index (χ1v) is 13.7. The molecule has 1 aromatic carbocycles. The minimum absolute atomic E-state index is 0.141. The highest BCUT2D eigenvalue weighted by Crippen LogP contribution is 2.37. The van der Waals surface area contributed by atoms with Gasteiger partial charge in [-0.15, -0.1) is 0 Å². The van der Waals surface area contributed by atoms with Gasteiger partial charge in [0.05, 0.1) is 11.1 Å². The van der Waals surface area contributed by atoms with Crippen LogP contribution in [0.5, 0.6) is 0 Å². The number of nitrogens with one attached hydrogen (secondary N) is 2. The zero-order valence-electron chi connectivity index (χ0n) is 22.5. The number of hydrogen-bond acceptors (Lipinski definition) is 7. The van der Waals surface area contributed by atoms with Gasteiger partial charge in [0, 0.05) is 55.6 Å². The Kier molecular flexibility index (Phi) is 8.20. The highest BCUT2D eigenvalue weighted by atomic mass is 19.4. The van der Waals surface area contributed by atoms with Crippen molar-refractivity contribution in [3.05, 3.63) is 65.0 Å². The lowest BCUT2D eigenvalue weighted by Gasteiger charge is -2.37. The number of halogens is 6. The van der Waals surface area contributed by atoms with Crippen molar-refractivity contribution in [2.45, 2.75) is 56.7 Å². The van der Waals surface area contributed by atoms with E-state index in [0.717, 1.165) is 55.4 Å². The van der Waals surface area contributed by atoms with E-state index in [2.05, 4.69) is 20.5 Å². The first kappa shape index (κ1) is 29.2. The van der Waals surface area contributed by atoms with E-state index in [1.165, 1.54) is 30.8 Å². The Balaban J connectivity index is 1.40. The lowest BCUT2D eigenvalue weighted by molar-refractivity contribution is -0.138. The van der Waals surface area contributed by atoms with Crippen LogP contribution in [0.15, 0.2) is 58.9 Å². The molecule has 1 atom stereocenters. The fourth-order valence-electron chi connectivity index (χ4n) is 5.56. The predicted octanol–water partition coefficient (Wildman–Crippen LogP) is 5.58. The van der Waals surface area contributed by atoms with Crippen LogP contribution in [0, 0.1) is 0 Å². The van der Waals surface area contributed by atoms with Gasteiger partial charge in [0.15, 0.2) is 5.79 Å². The van der Waals surface area contributed by atoms with Crippen LogP contribution in [0.3, 0.4) is 0 Å². The molecule has 41 heavy (non-hydrogen) atoms. The molecule has 0 spiro atoms. The van der Waals surface area contributed by atoms with Crippen LogP contribution >= 0.6 is 0 Å². The van der Waals surface area contributed by atoms with Crippen molar-refractivity contribution in [1.82, 2.24) is 15.2 Å². The second kappa shape index (κ2) is 11.5. The lowest BCUT2D eigenvalue weighted by atomic mass is 10.0. The van der Waals surface area contributed by atoms with E-state index in [-0.39, 0.29) is 18.9 Å². The zero-order chi connectivity index (χ0) is 29.3. The van der Waals surface area contributed by atoms with Gasteiger partial charge in [-0.25, -0.2) is 9.98 Å². The van der Waals surface area contributed by atoms with Gasteiger partial charge in [-0.3, -0.25) is 5.73 Å². The van der Waals surface area contributed by atoms with Crippen molar-refractivity contribution in [2.75, 3.05) is 42.9 Å². The van der Waals surface area contributed by atoms with Crippen molar-refractivity contribution in [3.63, 3.8) is 0 Å². The summed E-state index contributed by atoms with van der Waals surface area (Å²) in [6.45, 7) is 3.16. The van der Waals surface area contributed by atoms with Crippen LogP contribution < -0.4 is 21.3 Å². The van der Waals surface area contributed by atoms with Crippen LogP contribution in [-0.4, -0.2) is 54.2 Å². The summed E-state index contributed by atoms with van der Waals surface area (Å²) in [5.74, 6) is -0.932. The Morgan fingerprint density at radius 3 is 2.29 bits per heavy atom. The molecule has 4 N–H and O–H groups in total. The third kappa shape index (κ3) is 6.95. The van der Waals surface area contributed by atoms with Crippen LogP contribution in [0.1, 0.15) is 49.7 Å². The van der Waals surface area contributed by atoms with Crippen molar-refractivity contribution in [2.24, 2.45) is 10.7 Å². The Morgan fingerprint density at radius 2 is 1.61 bits per heavy atom. The normalized spacial score (nSPS) is 22.5. The number of anilines is 2. The molecule has 5 rings (SSSR count). The number of rotatable bonds is 5. The third-order valence-corrected chi connectivity index (χ3v) is 7.72. The van der Waals surface area contributed by atoms with Gasteiger partial charge in [-0.2, -0.15) is 26.3 Å². The molecule has 1 unspecified atom stereocenters. The molecule has 222 valence electrons. The largest absolute Gasteiger partial charge is 0.419 e. The maximum atomic E-state index is 13.7. The van der Waals surface area contributed by atoms with Crippen LogP contribution in [0.2, 0.25) is 0 Å². The summed E-state index contributed by atoms with van der Waals surface area (Å²) in [5.41, 5.74) is 7.07. The molecule has 1 saturated heterocycles. The Hall–Kier alpha value is -3.32. The number of nitrogens with two attached hydrogens (primary N) is 1. The number of amidine groups is 1. The number of aliphatic imine (C=N–C) groups is 1. The van der Waals surface area contributed by atoms with Crippen LogP contribution in [-0.2, 0) is 12.4 Å². The van der Waals surface area contributed by atoms with Crippen molar-refractivity contribution in [1.29, 1.82) is 0 Å². The van der Waals surface area contributed by atoms with Gasteiger partial charge in [0.1, 0.15) is 11.7 Å². The maximum absolute atomic E-state index is 13.7. The van der Waals surface area contributed by atoms with Gasteiger partial charge >= 0.3 is 12.4 Å². The number of benzene rings is 1. The Bertz CT molecular complexity index is 1280. The number of piperidine rings is 1. The third-order valence-electron chi connectivity index (χ3n) is 7.72. The van der Waals surface area contributed by atoms with Gasteiger partial charge in [0.2, 0.25) is 0 Å². The summed E-state index contributed by atoms with van der Waals surface area (Å²) in [7, 11) is 0. The Labute approximate surface area is 234 Å². The molecule has 0 saturated carbocycles. The lowest BCUT2D eigenvalue weighted by Crippen LogP contribution is -2.57. The van der Waals surface area contributed by atoms with E-state index in [1.54, 1.807) is 4.90 Å². The second-order valence-corrected chi connectivity index (χ2v) is 10.7. The predicted molar refractivity (Wildman–Crippen MR) is 145 cm³/mol. The number of hydrogen-bond donors (Lipinski definition) is 3. The number of nitrogens with zero attached hydrogens (tertiary/aromatic N) is 4. The number of likely N-dealkylation sites (tertiary alicyclic amines) is 1. The van der Waals surface area contributed by atoms with Gasteiger partial charge in [0.25, 0.3) is 0 Å². The maximum Gasteiger partial charge on any atom is 0.419 e. The minimum Gasteiger partial charge on any atom is -0.355 e. The zero-order valence-corrected chi connectivity index (χ0v) is 22.5. The first-order chi connectivity index (χ1) is 19.4. The fourth-order valence-corrected chi connectivity index (χ4v) is 5.56. The van der Waals surface area contributed by atoms with Crippen molar-refractivity contribution < 1.29 is 26.3 Å². The summed E-state index contributed by atoms with van der Waals surface area (Å²) in [5, 5.41) is 6.51. The molecule has 13 heteroatoms. The van der Waals surface area contributed by atoms with E-state index in [1.807, 2.05) is 0 Å². The van der Waals surface area contributed by atoms with Gasteiger partial charge in [-0.1, -0.05) is 6.42 Å². The van der Waals surface area contributed by atoms with Gasteiger partial charge < -0.3 is 20.4 Å². The van der Waals surface area contributed by atoms with Crippen molar-refractivity contribution >= 4 is 17.3 Å². The van der Waals surface area contributed by atoms with E-state index >= 15 is 0 Å². The van der Waals surface area contributed by atoms with Crippen LogP contribution in [0.4, 0.5) is 37.8 Å². The molecule has 2 aromatic rings. The molecule has 3 aliphatic rings. The summed E-state index contributed by atoms with van der Waals surface area (Å²) in [4.78, 5) is 12.8. The van der Waals surface area contributed by atoms with Crippen molar-refractivity contribution in [3.8, 4) is 0 Å². The van der Waals surface area contributed by atoms with E-state index < -0.39 is 29.3 Å². The molecule has 0 amide bonds. The van der Waals surface area contributed by atoms with Gasteiger partial charge in [-0.05, 0) is 68.8 Å². The van der Waals surface area contributed by atoms with E-state index in [9.17, 15) is 26.3 Å². The molecule has 0 aliphatic carbocycles. The molecule has 1 fully saturated rings. The molecule has 0 bridgehead atoms. The molecule has 1 aromatic heterocycles. The van der Waals surface area contributed by atoms with E-state index in [0.29, 0.717) is 37.3 Å². The fraction of sp³-hybridized carbons (Fsp3) is 0.500. The number of aromatic nitrogens is 1. The Morgan fingerprint density at radius 1 is 0.902 bits per heavy atom. The molecular weight excluding hydrogens is 548 g/mol. The monoisotopic (exact) mass is 581 g/mol. The molecular formula is C28H33F6N7. The highest BCUT2D eigenvalue weighted by Gasteiger charge is 2.38. The summed E-state index contributed by atoms with van der Waals surface area (Å²) < 4.78 is 80.5. The summed E-state index contributed by atoms with van der Waals surface area (Å²) in [6.07, 6.45) is -3.09. The SMILES string of the molecule is NC1(CCN2CCCCC2)N=C(Nc2ccc(C(F)(F)F)cc2)C2=C(CCN(c3ncccc3C(F)(F)F)CC2)N1. The van der Waals surface area contributed by atoms with E-state index in [4.69, 9.17) is 10.7 Å². The van der Waals surface area contributed by atoms with Crippen LogP contribution in [0.25, 0.3) is 0 Å². The first-order valence-electron chi connectivity index (χ1n) is 13.7. The quantitative estimate of drug-likeness (QED) is 0.401. The smallest absolute Gasteiger partial charge is 0.355 e. The topological polar surface area (TPSA) is 81.8 Å². The molecule has 7 nitrogen and oxygen atoms in total. The molecule has 3 aliphatic heterocycles. The number of alkyl halides is 6. The average Bonchev–Trinajstić information content (AvgIpc) is 3.14. The standard InChI is InChI=1S/C28H33F6N7/c29-27(30,31)19-6-8-20(9-7-19)37-24-21-10-16-41(25-22(28(32,33)34)5-4-13-36-25)17-11-23(21)38-26(35,39-24)12-18-40-14-2-1-3-15-40/h4-9,13,38H,1-3,10-12,14-18,35H2,(H,37,39).